The zero-order valence-electron chi connectivity index (χ0n) is 15.2. The van der Waals surface area contributed by atoms with Gasteiger partial charge in [0, 0.05) is 17.0 Å². The van der Waals surface area contributed by atoms with Gasteiger partial charge in [0.25, 0.3) is 5.69 Å². The number of nitrogens with zero attached hydrogens (tertiary/aromatic N) is 4. The Morgan fingerprint density at radius 2 is 1.67 bits per heavy atom. The second-order valence-electron chi connectivity index (χ2n) is 5.82. The smallest absolute Gasteiger partial charge is 0.276 e. The molecule has 3 aromatic rings. The van der Waals surface area contributed by atoms with E-state index in [4.69, 9.17) is 0 Å². The Labute approximate surface area is 173 Å². The number of anilines is 1. The number of rotatable bonds is 8. The standard InChI is InChI=1S/C18H14N6O5S/c25-15(10-12-6-8-13(9-7-12)23(26)27)21-22-17-16(24(28)29)18(20-11-19-17)30-14-4-2-1-3-5-14/h1-9,11H,10H2,(H,21,25)(H,19,20,22). The Bertz CT molecular complexity index is 1080. The summed E-state index contributed by atoms with van der Waals surface area (Å²) in [5, 5.41) is 22.3. The fourth-order valence-electron chi connectivity index (χ4n) is 2.39. The molecule has 2 aromatic carbocycles. The van der Waals surface area contributed by atoms with Gasteiger partial charge >= 0.3 is 5.69 Å². The van der Waals surface area contributed by atoms with Crippen molar-refractivity contribution in [3.63, 3.8) is 0 Å². The highest BCUT2D eigenvalue weighted by molar-refractivity contribution is 7.99. The van der Waals surface area contributed by atoms with Crippen LogP contribution < -0.4 is 10.9 Å². The molecule has 0 aliphatic carbocycles. The van der Waals surface area contributed by atoms with E-state index in [0.29, 0.717) is 5.56 Å². The van der Waals surface area contributed by atoms with Crippen LogP contribution in [0.4, 0.5) is 17.2 Å². The lowest BCUT2D eigenvalue weighted by Crippen LogP contribution is -2.31. The summed E-state index contributed by atoms with van der Waals surface area (Å²) in [6, 6.07) is 14.5. The second-order valence-corrected chi connectivity index (χ2v) is 6.88. The van der Waals surface area contributed by atoms with Gasteiger partial charge in [-0.25, -0.2) is 9.97 Å². The molecule has 11 nitrogen and oxygen atoms in total. The van der Waals surface area contributed by atoms with E-state index in [0.717, 1.165) is 23.0 Å². The topological polar surface area (TPSA) is 153 Å². The van der Waals surface area contributed by atoms with Crippen molar-refractivity contribution in [3.05, 3.63) is 86.7 Å². The van der Waals surface area contributed by atoms with Crippen molar-refractivity contribution >= 4 is 34.9 Å². The summed E-state index contributed by atoms with van der Waals surface area (Å²) in [4.78, 5) is 41.8. The molecule has 0 aliphatic heterocycles. The van der Waals surface area contributed by atoms with Crippen molar-refractivity contribution in [1.82, 2.24) is 15.4 Å². The number of carbonyl (C=O) groups is 1. The molecule has 0 radical (unpaired) electrons. The van der Waals surface area contributed by atoms with E-state index in [9.17, 15) is 25.0 Å². The predicted molar refractivity (Wildman–Crippen MR) is 108 cm³/mol. The zero-order valence-corrected chi connectivity index (χ0v) is 16.0. The van der Waals surface area contributed by atoms with Crippen molar-refractivity contribution < 1.29 is 14.6 Å². The van der Waals surface area contributed by atoms with Crippen LogP contribution in [0.5, 0.6) is 0 Å². The number of amides is 1. The molecule has 2 N–H and O–H groups in total. The lowest BCUT2D eigenvalue weighted by atomic mass is 10.1. The van der Waals surface area contributed by atoms with Crippen molar-refractivity contribution in [1.29, 1.82) is 0 Å². The van der Waals surface area contributed by atoms with Gasteiger partial charge in [-0.3, -0.25) is 35.9 Å². The molecule has 0 atom stereocenters. The summed E-state index contributed by atoms with van der Waals surface area (Å²) in [6.07, 6.45) is 1.07. The Kier molecular flexibility index (Phi) is 6.49. The van der Waals surface area contributed by atoms with Gasteiger partial charge in [0.05, 0.1) is 16.3 Å². The Hall–Kier alpha value is -4.06. The monoisotopic (exact) mass is 426 g/mol. The second kappa shape index (κ2) is 9.43. The van der Waals surface area contributed by atoms with Gasteiger partial charge in [0.1, 0.15) is 6.33 Å². The van der Waals surface area contributed by atoms with Crippen molar-refractivity contribution in [2.45, 2.75) is 16.3 Å². The van der Waals surface area contributed by atoms with Crippen molar-refractivity contribution in [3.8, 4) is 0 Å². The molecule has 1 aromatic heterocycles. The Morgan fingerprint density at radius 3 is 2.30 bits per heavy atom. The molecule has 0 spiro atoms. The maximum absolute atomic E-state index is 12.1. The molecule has 0 bridgehead atoms. The molecule has 3 rings (SSSR count). The van der Waals surface area contributed by atoms with Crippen LogP contribution in [-0.2, 0) is 11.2 Å². The first-order valence-corrected chi connectivity index (χ1v) is 9.26. The minimum Gasteiger partial charge on any atom is -0.276 e. The highest BCUT2D eigenvalue weighted by atomic mass is 32.2. The summed E-state index contributed by atoms with van der Waals surface area (Å²) in [6.45, 7) is 0. The average molecular weight is 426 g/mol. The van der Waals surface area contributed by atoms with E-state index in [1.165, 1.54) is 24.3 Å². The quantitative estimate of drug-likeness (QED) is 0.314. The molecular weight excluding hydrogens is 412 g/mol. The number of nitro groups is 2. The molecule has 0 aliphatic rings. The van der Waals surface area contributed by atoms with Crippen LogP contribution in [0.2, 0.25) is 0 Å². The molecule has 30 heavy (non-hydrogen) atoms. The van der Waals surface area contributed by atoms with E-state index in [2.05, 4.69) is 20.8 Å². The van der Waals surface area contributed by atoms with Gasteiger partial charge in [-0.1, -0.05) is 42.1 Å². The fourth-order valence-corrected chi connectivity index (χ4v) is 3.27. The maximum atomic E-state index is 12.1. The van der Waals surface area contributed by atoms with Crippen LogP contribution >= 0.6 is 11.8 Å². The van der Waals surface area contributed by atoms with Gasteiger partial charge in [0.15, 0.2) is 5.03 Å². The number of hydrogen-bond donors (Lipinski definition) is 2. The van der Waals surface area contributed by atoms with Gasteiger partial charge in [-0.2, -0.15) is 0 Å². The number of carbonyl (C=O) groups excluding carboxylic acids is 1. The van der Waals surface area contributed by atoms with Gasteiger partial charge in [0.2, 0.25) is 11.7 Å². The van der Waals surface area contributed by atoms with Crippen LogP contribution in [0.3, 0.4) is 0 Å². The third kappa shape index (κ3) is 5.26. The van der Waals surface area contributed by atoms with Crippen LogP contribution in [0, 0.1) is 20.2 Å². The van der Waals surface area contributed by atoms with Crippen LogP contribution in [0.1, 0.15) is 5.56 Å². The summed E-state index contributed by atoms with van der Waals surface area (Å²) in [5.74, 6) is -0.667. The van der Waals surface area contributed by atoms with E-state index in [1.54, 1.807) is 24.3 Å². The average Bonchev–Trinajstić information content (AvgIpc) is 2.73. The Balaban J connectivity index is 1.69. The molecule has 0 fully saturated rings. The van der Waals surface area contributed by atoms with E-state index in [1.807, 2.05) is 6.07 Å². The van der Waals surface area contributed by atoms with E-state index < -0.39 is 15.8 Å². The van der Waals surface area contributed by atoms with Crippen molar-refractivity contribution in [2.24, 2.45) is 0 Å². The number of aromatic nitrogens is 2. The molecule has 0 unspecified atom stereocenters. The summed E-state index contributed by atoms with van der Waals surface area (Å²) in [5.41, 5.74) is 4.88. The molecule has 1 heterocycles. The van der Waals surface area contributed by atoms with Gasteiger partial charge in [-0.15, -0.1) is 0 Å². The van der Waals surface area contributed by atoms with Crippen LogP contribution in [0.25, 0.3) is 0 Å². The van der Waals surface area contributed by atoms with Crippen LogP contribution in [0.15, 0.2) is 70.8 Å². The third-order valence-corrected chi connectivity index (χ3v) is 4.76. The van der Waals surface area contributed by atoms with Gasteiger partial charge < -0.3 is 0 Å². The first kappa shape index (κ1) is 20.7. The molecule has 0 saturated heterocycles. The zero-order chi connectivity index (χ0) is 21.5. The minimum atomic E-state index is -0.629. The highest BCUT2D eigenvalue weighted by Gasteiger charge is 2.24. The lowest BCUT2D eigenvalue weighted by Gasteiger charge is -2.09. The Morgan fingerprint density at radius 1 is 0.967 bits per heavy atom. The first-order valence-electron chi connectivity index (χ1n) is 8.44. The molecule has 0 saturated carbocycles. The normalized spacial score (nSPS) is 10.3. The highest BCUT2D eigenvalue weighted by Crippen LogP contribution is 2.36. The number of nitrogens with one attached hydrogen (secondary N) is 2. The maximum Gasteiger partial charge on any atom is 0.345 e. The van der Waals surface area contributed by atoms with Crippen LogP contribution in [-0.4, -0.2) is 25.7 Å². The summed E-state index contributed by atoms with van der Waals surface area (Å²) < 4.78 is 0. The van der Waals surface area contributed by atoms with Gasteiger partial charge in [-0.05, 0) is 17.7 Å². The predicted octanol–water partition coefficient (Wildman–Crippen LogP) is 3.13. The van der Waals surface area contributed by atoms with E-state index in [-0.39, 0.29) is 28.6 Å². The largest absolute Gasteiger partial charge is 0.345 e. The molecule has 12 heteroatoms. The number of hydrogen-bond acceptors (Lipinski definition) is 9. The fraction of sp³-hybridized carbons (Fsp3) is 0.0556. The number of benzene rings is 2. The van der Waals surface area contributed by atoms with Crippen molar-refractivity contribution in [2.75, 3.05) is 5.43 Å². The molecule has 152 valence electrons. The first-order chi connectivity index (χ1) is 14.4. The summed E-state index contributed by atoms with van der Waals surface area (Å²) in [7, 11) is 0. The number of non-ortho nitro benzene ring substituents is 1. The molecular formula is C18H14N6O5S. The minimum absolute atomic E-state index is 0.0858. The number of hydrazine groups is 1. The SMILES string of the molecule is O=C(Cc1ccc([N+](=O)[O-])cc1)NNc1ncnc(Sc2ccccc2)c1[N+](=O)[O-]. The van der Waals surface area contributed by atoms with E-state index >= 15 is 0 Å². The summed E-state index contributed by atoms with van der Waals surface area (Å²) >= 11 is 1.10. The lowest BCUT2D eigenvalue weighted by molar-refractivity contribution is -0.387. The number of nitro benzene ring substituents is 1. The molecule has 1 amide bonds. The third-order valence-electron chi connectivity index (χ3n) is 3.76.